The second-order valence-corrected chi connectivity index (χ2v) is 8.22. The molecule has 3 aromatic rings. The van der Waals surface area contributed by atoms with Crippen LogP contribution in [0.2, 0.25) is 5.02 Å². The van der Waals surface area contributed by atoms with Crippen molar-refractivity contribution in [3.05, 3.63) is 87.9 Å². The Morgan fingerprint density at radius 3 is 2.34 bits per heavy atom. The molecule has 0 heterocycles. The molecule has 35 heavy (non-hydrogen) atoms. The van der Waals surface area contributed by atoms with Gasteiger partial charge in [-0.05, 0) is 67.8 Å². The summed E-state index contributed by atoms with van der Waals surface area (Å²) >= 11 is 6.24. The lowest BCUT2D eigenvalue weighted by molar-refractivity contribution is -0.136. The zero-order chi connectivity index (χ0) is 25.4. The molecule has 0 unspecified atom stereocenters. The predicted octanol–water partition coefficient (Wildman–Crippen LogP) is 4.37. The summed E-state index contributed by atoms with van der Waals surface area (Å²) in [7, 11) is 0. The molecule has 3 aromatic carbocycles. The highest BCUT2D eigenvalue weighted by Gasteiger charge is 2.14. The van der Waals surface area contributed by atoms with Gasteiger partial charge >= 0.3 is 11.8 Å². The summed E-state index contributed by atoms with van der Waals surface area (Å²) in [6.07, 6.45) is 1.33. The highest BCUT2D eigenvalue weighted by molar-refractivity contribution is 6.39. The summed E-state index contributed by atoms with van der Waals surface area (Å²) in [6, 6.07) is 17.6. The van der Waals surface area contributed by atoms with Crippen molar-refractivity contribution in [1.82, 2.24) is 5.43 Å². The number of hydrazone groups is 1. The van der Waals surface area contributed by atoms with Crippen LogP contribution in [0.4, 0.5) is 11.4 Å². The first kappa shape index (κ1) is 25.5. The summed E-state index contributed by atoms with van der Waals surface area (Å²) in [6.45, 7) is 5.50. The number of benzene rings is 3. The molecule has 9 heteroatoms. The van der Waals surface area contributed by atoms with Crippen LogP contribution in [0.15, 0.2) is 65.8 Å². The Balaban J connectivity index is 1.50. The molecule has 0 bridgehead atoms. The van der Waals surface area contributed by atoms with E-state index in [0.29, 0.717) is 17.0 Å². The second-order valence-electron chi connectivity index (χ2n) is 7.81. The third-order valence-electron chi connectivity index (χ3n) is 4.95. The standard InChI is InChI=1S/C26H25ClN4O4/c1-16-8-10-22(18(3)12-16)29-24(32)15-35-23-11-9-19(13-20(23)27)14-28-31-26(34)25(33)30-21-7-5-4-6-17(21)2/h4-14H,15H2,1-3H3,(H,29,32)(H,30,33)(H,31,34)/b28-14-. The van der Waals surface area contributed by atoms with Crippen LogP contribution in [-0.2, 0) is 14.4 Å². The first-order valence-electron chi connectivity index (χ1n) is 10.7. The highest BCUT2D eigenvalue weighted by Crippen LogP contribution is 2.25. The number of para-hydroxylation sites is 1. The maximum absolute atomic E-state index is 12.2. The van der Waals surface area contributed by atoms with Crippen molar-refractivity contribution < 1.29 is 19.1 Å². The number of carbonyl (C=O) groups is 3. The third-order valence-corrected chi connectivity index (χ3v) is 5.25. The molecular weight excluding hydrogens is 468 g/mol. The van der Waals surface area contributed by atoms with Crippen LogP contribution in [0.5, 0.6) is 5.75 Å². The number of aryl methyl sites for hydroxylation is 3. The van der Waals surface area contributed by atoms with E-state index in [2.05, 4.69) is 21.2 Å². The predicted molar refractivity (Wildman–Crippen MR) is 137 cm³/mol. The van der Waals surface area contributed by atoms with E-state index in [4.69, 9.17) is 16.3 Å². The van der Waals surface area contributed by atoms with Crippen LogP contribution in [0, 0.1) is 20.8 Å². The largest absolute Gasteiger partial charge is 0.482 e. The Morgan fingerprint density at radius 2 is 1.63 bits per heavy atom. The van der Waals surface area contributed by atoms with E-state index in [0.717, 1.165) is 22.4 Å². The molecule has 0 fully saturated rings. The normalized spacial score (nSPS) is 10.6. The topological polar surface area (TPSA) is 109 Å². The minimum atomic E-state index is -0.912. The summed E-state index contributed by atoms with van der Waals surface area (Å²) in [4.78, 5) is 36.2. The molecule has 0 radical (unpaired) electrons. The van der Waals surface area contributed by atoms with E-state index in [1.807, 2.05) is 51.1 Å². The molecule has 180 valence electrons. The zero-order valence-corrected chi connectivity index (χ0v) is 20.3. The maximum Gasteiger partial charge on any atom is 0.329 e. The van der Waals surface area contributed by atoms with Gasteiger partial charge in [-0.3, -0.25) is 14.4 Å². The number of amides is 3. The molecule has 3 amide bonds. The smallest absolute Gasteiger partial charge is 0.329 e. The number of nitrogens with zero attached hydrogens (tertiary/aromatic N) is 1. The van der Waals surface area contributed by atoms with Crippen LogP contribution < -0.4 is 20.8 Å². The fraction of sp³-hybridized carbons (Fsp3) is 0.154. The summed E-state index contributed by atoms with van der Waals surface area (Å²) in [5, 5.41) is 9.37. The van der Waals surface area contributed by atoms with Gasteiger partial charge in [0.15, 0.2) is 6.61 Å². The monoisotopic (exact) mass is 492 g/mol. The number of halogens is 1. The van der Waals surface area contributed by atoms with Crippen molar-refractivity contribution in [3.63, 3.8) is 0 Å². The minimum absolute atomic E-state index is 0.216. The Morgan fingerprint density at radius 1 is 0.886 bits per heavy atom. The van der Waals surface area contributed by atoms with Gasteiger partial charge in [0.1, 0.15) is 5.75 Å². The molecule has 3 N–H and O–H groups in total. The molecule has 0 aliphatic carbocycles. The number of nitrogens with one attached hydrogen (secondary N) is 3. The Hall–Kier alpha value is -4.17. The molecular formula is C26H25ClN4O4. The van der Waals surface area contributed by atoms with Crippen LogP contribution >= 0.6 is 11.6 Å². The van der Waals surface area contributed by atoms with Gasteiger partial charge < -0.3 is 15.4 Å². The van der Waals surface area contributed by atoms with Crippen LogP contribution in [0.3, 0.4) is 0 Å². The minimum Gasteiger partial charge on any atom is -0.482 e. The lowest BCUT2D eigenvalue weighted by Gasteiger charge is -2.11. The molecule has 0 saturated carbocycles. The molecule has 0 atom stereocenters. The van der Waals surface area contributed by atoms with Gasteiger partial charge in [0.2, 0.25) is 0 Å². The molecule has 3 rings (SSSR count). The first-order valence-corrected chi connectivity index (χ1v) is 11.1. The lowest BCUT2D eigenvalue weighted by Crippen LogP contribution is -2.32. The molecule has 0 aliphatic heterocycles. The average molecular weight is 493 g/mol. The Labute approximate surface area is 208 Å². The molecule has 8 nitrogen and oxygen atoms in total. The quantitative estimate of drug-likeness (QED) is 0.258. The Kier molecular flexibility index (Phi) is 8.58. The van der Waals surface area contributed by atoms with Crippen LogP contribution in [0.1, 0.15) is 22.3 Å². The van der Waals surface area contributed by atoms with Crippen molar-refractivity contribution >= 4 is 46.9 Å². The van der Waals surface area contributed by atoms with E-state index in [1.165, 1.54) is 6.21 Å². The van der Waals surface area contributed by atoms with Gasteiger partial charge in [-0.25, -0.2) is 5.43 Å². The number of hydrogen-bond donors (Lipinski definition) is 3. The second kappa shape index (κ2) is 11.8. The van der Waals surface area contributed by atoms with Gasteiger partial charge in [0.05, 0.1) is 11.2 Å². The fourth-order valence-electron chi connectivity index (χ4n) is 3.11. The average Bonchev–Trinajstić information content (AvgIpc) is 2.81. The first-order chi connectivity index (χ1) is 16.7. The van der Waals surface area contributed by atoms with E-state index in [9.17, 15) is 14.4 Å². The molecule has 0 saturated heterocycles. The molecule has 0 aliphatic rings. The Bertz CT molecular complexity index is 1290. The fourth-order valence-corrected chi connectivity index (χ4v) is 3.35. The van der Waals surface area contributed by atoms with Crippen molar-refractivity contribution in [2.75, 3.05) is 17.2 Å². The summed E-state index contributed by atoms with van der Waals surface area (Å²) in [5.41, 5.74) is 6.88. The van der Waals surface area contributed by atoms with Crippen molar-refractivity contribution in [1.29, 1.82) is 0 Å². The van der Waals surface area contributed by atoms with E-state index in [-0.39, 0.29) is 17.5 Å². The lowest BCUT2D eigenvalue weighted by atomic mass is 10.1. The van der Waals surface area contributed by atoms with Gasteiger partial charge in [0.25, 0.3) is 5.91 Å². The maximum atomic E-state index is 12.2. The zero-order valence-electron chi connectivity index (χ0n) is 19.5. The van der Waals surface area contributed by atoms with Gasteiger partial charge in [0, 0.05) is 11.4 Å². The number of hydrogen-bond acceptors (Lipinski definition) is 5. The van der Waals surface area contributed by atoms with Crippen molar-refractivity contribution in [2.45, 2.75) is 20.8 Å². The van der Waals surface area contributed by atoms with E-state index >= 15 is 0 Å². The van der Waals surface area contributed by atoms with Crippen molar-refractivity contribution in [2.24, 2.45) is 5.10 Å². The van der Waals surface area contributed by atoms with E-state index < -0.39 is 11.8 Å². The van der Waals surface area contributed by atoms with E-state index in [1.54, 1.807) is 30.3 Å². The number of anilines is 2. The molecule has 0 aromatic heterocycles. The summed E-state index contributed by atoms with van der Waals surface area (Å²) < 4.78 is 5.52. The SMILES string of the molecule is Cc1ccc(NC(=O)COc2ccc(/C=N\NC(=O)C(=O)Nc3ccccc3C)cc2Cl)c(C)c1. The number of carbonyl (C=O) groups excluding carboxylic acids is 3. The molecule has 0 spiro atoms. The van der Waals surface area contributed by atoms with Gasteiger partial charge in [-0.2, -0.15) is 5.10 Å². The van der Waals surface area contributed by atoms with Gasteiger partial charge in [-0.1, -0.05) is 47.5 Å². The number of ether oxygens (including phenoxy) is 1. The highest BCUT2D eigenvalue weighted by atomic mass is 35.5. The van der Waals surface area contributed by atoms with Crippen molar-refractivity contribution in [3.8, 4) is 5.75 Å². The third kappa shape index (κ3) is 7.41. The van der Waals surface area contributed by atoms with Crippen LogP contribution in [-0.4, -0.2) is 30.5 Å². The number of rotatable bonds is 7. The summed E-state index contributed by atoms with van der Waals surface area (Å²) in [5.74, 6) is -1.74. The van der Waals surface area contributed by atoms with Crippen LogP contribution in [0.25, 0.3) is 0 Å². The van der Waals surface area contributed by atoms with Gasteiger partial charge in [-0.15, -0.1) is 0 Å².